The Hall–Kier alpha value is -3.71. The van der Waals surface area contributed by atoms with E-state index in [0.29, 0.717) is 30.1 Å². The minimum Gasteiger partial charge on any atom is -0.493 e. The molecule has 2 aromatic rings. The summed E-state index contributed by atoms with van der Waals surface area (Å²) in [5.41, 5.74) is 3.63. The van der Waals surface area contributed by atoms with Gasteiger partial charge in [0.25, 0.3) is 11.8 Å². The quantitative estimate of drug-likeness (QED) is 0.263. The smallest absolute Gasteiger partial charge is 0.265 e. The van der Waals surface area contributed by atoms with Gasteiger partial charge in [-0.25, -0.2) is 0 Å². The number of aryl methyl sites for hydroxylation is 1. The maximum atomic E-state index is 12.8. The lowest BCUT2D eigenvalue weighted by molar-refractivity contribution is -0.128. The van der Waals surface area contributed by atoms with E-state index in [1.807, 2.05) is 37.3 Å². The van der Waals surface area contributed by atoms with Crippen LogP contribution in [0.25, 0.3) is 6.08 Å². The van der Waals surface area contributed by atoms with Gasteiger partial charge < -0.3 is 9.47 Å². The molecule has 1 N–H and O–H groups in total. The number of nitrogens with zero attached hydrogens (tertiary/aromatic N) is 1. The van der Waals surface area contributed by atoms with Gasteiger partial charge in [-0.2, -0.15) is 0 Å². The number of carbonyl (C=O) groups excluding carboxylic acids is 2. The van der Waals surface area contributed by atoms with Crippen LogP contribution in [-0.4, -0.2) is 35.5 Å². The Bertz CT molecular complexity index is 1140. The summed E-state index contributed by atoms with van der Waals surface area (Å²) in [7, 11) is 1.55. The van der Waals surface area contributed by atoms with Crippen molar-refractivity contribution in [1.82, 2.24) is 10.2 Å². The van der Waals surface area contributed by atoms with Crippen molar-refractivity contribution >= 4 is 35.2 Å². The van der Waals surface area contributed by atoms with E-state index in [2.05, 4.69) is 18.5 Å². The van der Waals surface area contributed by atoms with Crippen LogP contribution in [0.4, 0.5) is 0 Å². The van der Waals surface area contributed by atoms with E-state index in [9.17, 15) is 9.59 Å². The highest BCUT2D eigenvalue weighted by molar-refractivity contribution is 7.80. The summed E-state index contributed by atoms with van der Waals surface area (Å²) >= 11 is 5.10. The van der Waals surface area contributed by atoms with E-state index in [-0.39, 0.29) is 17.2 Å². The predicted molar refractivity (Wildman–Crippen MR) is 133 cm³/mol. The Morgan fingerprint density at radius 1 is 1.12 bits per heavy atom. The highest BCUT2D eigenvalue weighted by Gasteiger charge is 2.32. The number of amides is 2. The number of methoxy groups -OCH3 is 1. The van der Waals surface area contributed by atoms with Crippen LogP contribution in [0.5, 0.6) is 11.5 Å². The van der Waals surface area contributed by atoms with Crippen molar-refractivity contribution in [3.63, 3.8) is 0 Å². The van der Waals surface area contributed by atoms with Gasteiger partial charge in [-0.15, -0.1) is 13.2 Å². The number of hydrogen-bond acceptors (Lipinski definition) is 5. The van der Waals surface area contributed by atoms with Gasteiger partial charge in [0.2, 0.25) is 0 Å². The summed E-state index contributed by atoms with van der Waals surface area (Å²) in [6.45, 7) is 10.1. The van der Waals surface area contributed by atoms with Gasteiger partial charge >= 0.3 is 0 Å². The SMILES string of the molecule is C=CCc1cc(/C=C2\C(=O)NC(=S)N(CC=C)C2=O)cc(OC)c1OCc1ccc(C)cc1. The Morgan fingerprint density at radius 3 is 2.48 bits per heavy atom. The number of benzene rings is 2. The molecule has 1 fully saturated rings. The molecule has 1 heterocycles. The van der Waals surface area contributed by atoms with Crippen LogP contribution < -0.4 is 14.8 Å². The monoisotopic (exact) mass is 462 g/mol. The molecule has 0 unspecified atom stereocenters. The molecule has 7 heteroatoms. The number of carbonyl (C=O) groups is 2. The Balaban J connectivity index is 1.97. The summed E-state index contributed by atoms with van der Waals surface area (Å²) in [6.07, 6.45) is 5.34. The predicted octanol–water partition coefficient (Wildman–Crippen LogP) is 4.12. The Kier molecular flexibility index (Phi) is 7.79. The number of thiocarbonyl (C=S) groups is 1. The zero-order chi connectivity index (χ0) is 24.0. The molecule has 3 rings (SSSR count). The molecule has 6 nitrogen and oxygen atoms in total. The molecule has 1 aliphatic heterocycles. The standard InChI is InChI=1S/C26H26N2O4S/c1-5-7-20-13-19(14-21-24(29)27-26(33)28(12-6-2)25(21)30)15-22(31-4)23(20)32-16-18-10-8-17(3)9-11-18/h5-6,8-11,13-15H,1-2,7,12,16H2,3-4H3,(H,27,29,33)/b21-14+. The first-order valence-corrected chi connectivity index (χ1v) is 10.8. The van der Waals surface area contributed by atoms with Gasteiger partial charge in [-0.05, 0) is 54.9 Å². The topological polar surface area (TPSA) is 67.9 Å². The average Bonchev–Trinajstić information content (AvgIpc) is 2.79. The van der Waals surface area contributed by atoms with Crippen LogP contribution in [0, 0.1) is 6.92 Å². The second-order valence-electron chi connectivity index (χ2n) is 7.50. The summed E-state index contributed by atoms with van der Waals surface area (Å²) in [5.74, 6) is 0.0614. The minimum atomic E-state index is -0.547. The van der Waals surface area contributed by atoms with Crippen molar-refractivity contribution in [2.75, 3.05) is 13.7 Å². The Morgan fingerprint density at radius 2 is 1.85 bits per heavy atom. The van der Waals surface area contributed by atoms with E-state index in [1.165, 1.54) is 16.5 Å². The van der Waals surface area contributed by atoms with Crippen LogP contribution in [0.3, 0.4) is 0 Å². The zero-order valence-electron chi connectivity index (χ0n) is 18.7. The first kappa shape index (κ1) is 23.9. The summed E-state index contributed by atoms with van der Waals surface area (Å²) in [4.78, 5) is 26.6. The van der Waals surface area contributed by atoms with Gasteiger partial charge in [0.1, 0.15) is 12.2 Å². The van der Waals surface area contributed by atoms with E-state index in [1.54, 1.807) is 25.3 Å². The van der Waals surface area contributed by atoms with Crippen LogP contribution >= 0.6 is 12.2 Å². The molecule has 0 aliphatic carbocycles. The lowest BCUT2D eigenvalue weighted by Gasteiger charge is -2.27. The summed E-state index contributed by atoms with van der Waals surface area (Å²) in [5, 5.41) is 2.61. The third-order valence-electron chi connectivity index (χ3n) is 5.05. The second-order valence-corrected chi connectivity index (χ2v) is 7.89. The van der Waals surface area contributed by atoms with Crippen molar-refractivity contribution in [2.45, 2.75) is 20.0 Å². The van der Waals surface area contributed by atoms with Crippen LogP contribution in [0.2, 0.25) is 0 Å². The number of ether oxygens (including phenoxy) is 2. The van der Waals surface area contributed by atoms with E-state index in [0.717, 1.165) is 11.1 Å². The van der Waals surface area contributed by atoms with Gasteiger partial charge in [0.15, 0.2) is 16.6 Å². The summed E-state index contributed by atoms with van der Waals surface area (Å²) < 4.78 is 11.7. The molecular weight excluding hydrogens is 436 g/mol. The lowest BCUT2D eigenvalue weighted by atomic mass is 10.0. The number of rotatable bonds is 9. The van der Waals surface area contributed by atoms with E-state index >= 15 is 0 Å². The number of nitrogens with one attached hydrogen (secondary N) is 1. The van der Waals surface area contributed by atoms with Gasteiger partial charge in [0, 0.05) is 12.1 Å². The van der Waals surface area contributed by atoms with E-state index in [4.69, 9.17) is 21.7 Å². The van der Waals surface area contributed by atoms with Crippen LogP contribution in [0.15, 0.2) is 67.3 Å². The first-order valence-electron chi connectivity index (χ1n) is 10.4. The summed E-state index contributed by atoms with van der Waals surface area (Å²) in [6, 6.07) is 11.7. The maximum absolute atomic E-state index is 12.8. The molecule has 0 saturated carbocycles. The molecule has 0 aromatic heterocycles. The van der Waals surface area contributed by atoms with Gasteiger partial charge in [0.05, 0.1) is 7.11 Å². The van der Waals surface area contributed by atoms with E-state index < -0.39 is 11.8 Å². The fourth-order valence-corrected chi connectivity index (χ4v) is 3.63. The van der Waals surface area contributed by atoms with Crippen molar-refractivity contribution < 1.29 is 19.1 Å². The molecule has 2 aromatic carbocycles. The molecule has 1 aliphatic rings. The molecule has 1 saturated heterocycles. The molecule has 0 radical (unpaired) electrons. The largest absolute Gasteiger partial charge is 0.493 e. The highest BCUT2D eigenvalue weighted by atomic mass is 32.1. The van der Waals surface area contributed by atoms with Gasteiger partial charge in [-0.3, -0.25) is 19.8 Å². The van der Waals surface area contributed by atoms with Crippen LogP contribution in [-0.2, 0) is 22.6 Å². The van der Waals surface area contributed by atoms with Crippen molar-refractivity contribution in [3.05, 3.63) is 89.5 Å². The van der Waals surface area contributed by atoms with Gasteiger partial charge in [-0.1, -0.05) is 42.0 Å². The third kappa shape index (κ3) is 5.56. The fourth-order valence-electron chi connectivity index (χ4n) is 3.38. The first-order chi connectivity index (χ1) is 15.9. The lowest BCUT2D eigenvalue weighted by Crippen LogP contribution is -2.53. The molecular formula is C26H26N2O4S. The highest BCUT2D eigenvalue weighted by Crippen LogP contribution is 2.35. The second kappa shape index (κ2) is 10.7. The molecule has 0 bridgehead atoms. The third-order valence-corrected chi connectivity index (χ3v) is 5.37. The Labute approximate surface area is 199 Å². The van der Waals surface area contributed by atoms with Crippen molar-refractivity contribution in [2.24, 2.45) is 0 Å². The number of hydrogen-bond donors (Lipinski definition) is 1. The molecule has 0 spiro atoms. The van der Waals surface area contributed by atoms with Crippen molar-refractivity contribution in [3.8, 4) is 11.5 Å². The number of allylic oxidation sites excluding steroid dienone is 1. The minimum absolute atomic E-state index is 0.0228. The normalized spacial score (nSPS) is 14.8. The maximum Gasteiger partial charge on any atom is 0.265 e. The average molecular weight is 463 g/mol. The van der Waals surface area contributed by atoms with Crippen LogP contribution in [0.1, 0.15) is 22.3 Å². The fraction of sp³-hybridized carbons (Fsp3) is 0.192. The molecule has 170 valence electrons. The molecule has 0 atom stereocenters. The zero-order valence-corrected chi connectivity index (χ0v) is 19.5. The van der Waals surface area contributed by atoms with Crippen molar-refractivity contribution in [1.29, 1.82) is 0 Å². The molecule has 33 heavy (non-hydrogen) atoms. The molecule has 2 amide bonds.